The Bertz CT molecular complexity index is 3970. The minimum atomic E-state index is -0.133. The Morgan fingerprint density at radius 2 is 0.782 bits per heavy atom. The van der Waals surface area contributed by atoms with Crippen LogP contribution in [-0.2, 0) is 32.5 Å². The Morgan fingerprint density at radius 1 is 0.346 bits per heavy atom. The standard InChI is InChI=1S/C73H81ClN4/c1-44-35-63(66(74)64(36-44)77-61-34-28-49(72(14,15)16)41-62(61)78-60-33-27-48(71(11,12)13)39-56(60)57-40-50(73(17,18)19)42-65(77)67(57)78)75(51-29-23-45(24-30-51)68(2,3)4)52-21-20-22-53(43-52)76-58-31-25-46(69(5,6)7)37-54(58)55-38-47(70(8,9)10)26-32-59(55)76/h20-43H,1-19H3. The Morgan fingerprint density at radius 3 is 1.29 bits per heavy atom. The monoisotopic (exact) mass is 1050 g/mol. The molecule has 0 N–H and O–H groups in total. The molecule has 1 aliphatic rings. The number of rotatable bonds is 5. The second kappa shape index (κ2) is 17.9. The van der Waals surface area contributed by atoms with Crippen LogP contribution >= 0.6 is 11.6 Å². The maximum Gasteiger partial charge on any atom is 0.0887 e. The molecule has 0 fully saturated rings. The lowest BCUT2D eigenvalue weighted by atomic mass is 9.84. The van der Waals surface area contributed by atoms with E-state index in [0.717, 1.165) is 51.1 Å². The Hall–Kier alpha value is -6.75. The molecule has 5 heteroatoms. The molecule has 8 aromatic carbocycles. The van der Waals surface area contributed by atoms with Crippen molar-refractivity contribution in [3.63, 3.8) is 0 Å². The van der Waals surface area contributed by atoms with E-state index in [1.165, 1.54) is 77.0 Å². The first kappa shape index (κ1) is 53.3. The van der Waals surface area contributed by atoms with Crippen molar-refractivity contribution in [3.05, 3.63) is 190 Å². The molecule has 0 radical (unpaired) electrons. The molecule has 11 rings (SSSR count). The van der Waals surface area contributed by atoms with Crippen molar-refractivity contribution in [2.24, 2.45) is 0 Å². The number of aryl methyl sites for hydroxylation is 1. The van der Waals surface area contributed by atoms with Crippen LogP contribution in [0.4, 0.5) is 34.1 Å². The molecule has 1 aliphatic heterocycles. The van der Waals surface area contributed by atoms with Gasteiger partial charge in [-0.3, -0.25) is 0 Å². The third kappa shape index (κ3) is 9.01. The van der Waals surface area contributed by atoms with Gasteiger partial charge in [-0.25, -0.2) is 0 Å². The number of halogens is 1. The molecule has 0 unspecified atom stereocenters. The molecule has 10 aromatic rings. The highest BCUT2D eigenvalue weighted by Gasteiger charge is 2.35. The maximum atomic E-state index is 8.33. The summed E-state index contributed by atoms with van der Waals surface area (Å²) >= 11 is 8.33. The van der Waals surface area contributed by atoms with Crippen LogP contribution in [0.3, 0.4) is 0 Å². The molecule has 0 saturated heterocycles. The van der Waals surface area contributed by atoms with Crippen molar-refractivity contribution in [2.75, 3.05) is 9.80 Å². The molecule has 3 heterocycles. The quantitative estimate of drug-likeness (QED) is 0.171. The predicted molar refractivity (Wildman–Crippen MR) is 340 cm³/mol. The third-order valence-corrected chi connectivity index (χ3v) is 17.0. The smallest absolute Gasteiger partial charge is 0.0887 e. The van der Waals surface area contributed by atoms with Crippen LogP contribution in [0.2, 0.25) is 5.02 Å². The predicted octanol–water partition coefficient (Wildman–Crippen LogP) is 21.9. The van der Waals surface area contributed by atoms with E-state index in [4.69, 9.17) is 11.6 Å². The molecule has 0 bridgehead atoms. The van der Waals surface area contributed by atoms with E-state index in [0.29, 0.717) is 5.02 Å². The number of aromatic nitrogens is 2. The summed E-state index contributed by atoms with van der Waals surface area (Å²) in [7, 11) is 0. The first-order valence-electron chi connectivity index (χ1n) is 28.3. The summed E-state index contributed by atoms with van der Waals surface area (Å²) in [5, 5.41) is 5.74. The summed E-state index contributed by atoms with van der Waals surface area (Å²) in [6.07, 6.45) is 0. The van der Waals surface area contributed by atoms with Crippen LogP contribution < -0.4 is 9.80 Å². The summed E-state index contributed by atoms with van der Waals surface area (Å²) in [6.45, 7) is 43.8. The minimum absolute atomic E-state index is 0.000751. The fourth-order valence-electron chi connectivity index (χ4n) is 11.8. The highest BCUT2D eigenvalue weighted by Crippen LogP contribution is 2.56. The molecule has 0 amide bonds. The maximum absolute atomic E-state index is 8.33. The van der Waals surface area contributed by atoms with Crippen LogP contribution in [0.15, 0.2) is 146 Å². The van der Waals surface area contributed by atoms with Gasteiger partial charge in [0, 0.05) is 38.6 Å². The largest absolute Gasteiger partial charge is 0.309 e. The van der Waals surface area contributed by atoms with Crippen LogP contribution in [0.1, 0.15) is 164 Å². The molecule has 2 aromatic heterocycles. The molecule has 400 valence electrons. The van der Waals surface area contributed by atoms with E-state index >= 15 is 0 Å². The molecule has 0 saturated carbocycles. The summed E-state index contributed by atoms with van der Waals surface area (Å²) in [4.78, 5) is 4.87. The Labute approximate surface area is 470 Å². The number of fused-ring (bicyclic) bond motifs is 8. The molecule has 78 heavy (non-hydrogen) atoms. The summed E-state index contributed by atoms with van der Waals surface area (Å²) in [5.41, 5.74) is 21.8. The van der Waals surface area contributed by atoms with Crippen LogP contribution in [0, 0.1) is 6.92 Å². The topological polar surface area (TPSA) is 16.3 Å². The zero-order valence-electron chi connectivity index (χ0n) is 50.0. The van der Waals surface area contributed by atoms with Gasteiger partial charge in [0.2, 0.25) is 0 Å². The van der Waals surface area contributed by atoms with Crippen LogP contribution in [0.25, 0.3) is 55.0 Å². The zero-order valence-corrected chi connectivity index (χ0v) is 50.8. The minimum Gasteiger partial charge on any atom is -0.309 e. The van der Waals surface area contributed by atoms with E-state index < -0.39 is 0 Å². The van der Waals surface area contributed by atoms with Gasteiger partial charge in [-0.1, -0.05) is 179 Å². The van der Waals surface area contributed by atoms with Gasteiger partial charge in [0.15, 0.2) is 0 Å². The first-order chi connectivity index (χ1) is 36.3. The van der Waals surface area contributed by atoms with E-state index in [1.54, 1.807) is 0 Å². The van der Waals surface area contributed by atoms with Crippen molar-refractivity contribution in [3.8, 4) is 11.4 Å². The van der Waals surface area contributed by atoms with Gasteiger partial charge in [0.1, 0.15) is 0 Å². The summed E-state index contributed by atoms with van der Waals surface area (Å²) < 4.78 is 5.01. The lowest BCUT2D eigenvalue weighted by Crippen LogP contribution is -2.22. The lowest BCUT2D eigenvalue weighted by Gasteiger charge is -2.37. The second-order valence-corrected chi connectivity index (χ2v) is 29.2. The van der Waals surface area contributed by atoms with Gasteiger partial charge in [-0.2, -0.15) is 0 Å². The van der Waals surface area contributed by atoms with Gasteiger partial charge in [0.25, 0.3) is 0 Å². The second-order valence-electron chi connectivity index (χ2n) is 28.8. The van der Waals surface area contributed by atoms with Crippen LogP contribution in [0.5, 0.6) is 0 Å². The third-order valence-electron chi connectivity index (χ3n) is 16.6. The number of hydrogen-bond acceptors (Lipinski definition) is 2. The van der Waals surface area contributed by atoms with Crippen molar-refractivity contribution >= 4 is 89.3 Å². The summed E-state index contributed by atoms with van der Waals surface area (Å²) in [6, 6.07) is 56.1. The molecular weight excluding hydrogens is 968 g/mol. The van der Waals surface area contributed by atoms with Crippen molar-refractivity contribution in [1.82, 2.24) is 9.13 Å². The van der Waals surface area contributed by atoms with Crippen molar-refractivity contribution < 1.29 is 0 Å². The number of benzene rings is 8. The highest BCUT2D eigenvalue weighted by molar-refractivity contribution is 6.37. The molecule has 4 nitrogen and oxygen atoms in total. The van der Waals surface area contributed by atoms with E-state index in [2.05, 4.69) is 296 Å². The molecule has 0 atom stereocenters. The highest BCUT2D eigenvalue weighted by atomic mass is 35.5. The number of anilines is 6. The Kier molecular flexibility index (Phi) is 12.2. The van der Waals surface area contributed by atoms with E-state index in [1.807, 2.05) is 0 Å². The average Bonchev–Trinajstić information content (AvgIpc) is 4.05. The lowest BCUT2D eigenvalue weighted by molar-refractivity contribution is 0.589. The van der Waals surface area contributed by atoms with Gasteiger partial charge < -0.3 is 18.9 Å². The van der Waals surface area contributed by atoms with Gasteiger partial charge in [-0.05, 0) is 181 Å². The van der Waals surface area contributed by atoms with Crippen LogP contribution in [-0.4, -0.2) is 9.13 Å². The van der Waals surface area contributed by atoms with Gasteiger partial charge in [0.05, 0.1) is 55.5 Å². The molecule has 0 spiro atoms. The first-order valence-corrected chi connectivity index (χ1v) is 28.7. The molecular formula is C73H81ClN4. The van der Waals surface area contributed by atoms with Gasteiger partial charge in [-0.15, -0.1) is 0 Å². The average molecular weight is 1050 g/mol. The van der Waals surface area contributed by atoms with Crippen molar-refractivity contribution in [2.45, 2.75) is 164 Å². The fraction of sp³-hybridized carbons (Fsp3) is 0.342. The normalized spacial score (nSPS) is 13.6. The van der Waals surface area contributed by atoms with Crippen molar-refractivity contribution in [1.29, 1.82) is 0 Å². The number of nitrogens with zero attached hydrogens (tertiary/aromatic N) is 4. The van der Waals surface area contributed by atoms with E-state index in [-0.39, 0.29) is 32.5 Å². The zero-order chi connectivity index (χ0) is 56.1. The van der Waals surface area contributed by atoms with Gasteiger partial charge >= 0.3 is 0 Å². The number of hydrogen-bond donors (Lipinski definition) is 0. The Balaban J connectivity index is 1.19. The van der Waals surface area contributed by atoms with E-state index in [9.17, 15) is 0 Å². The fourth-order valence-corrected chi connectivity index (χ4v) is 12.1. The SMILES string of the molecule is Cc1cc(N(c2ccc(C(C)(C)C)cc2)c2cccc(-n3c4ccc(C(C)(C)C)cc4c4cc(C(C)(C)C)ccc43)c2)c(Cl)c(N2c3ccc(C(C)(C)C)cc3-n3c4ccc(C(C)(C)C)cc4c4cc(C(C)(C)C)cc2c43)c1. The molecule has 0 aliphatic carbocycles. The summed E-state index contributed by atoms with van der Waals surface area (Å²) in [5.74, 6) is 0.